The van der Waals surface area contributed by atoms with Crippen LogP contribution in [0, 0.1) is 0 Å². The largest absolute Gasteiger partial charge is 0.322 e. The fourth-order valence-corrected chi connectivity index (χ4v) is 3.54. The number of rotatable bonds is 5. The summed E-state index contributed by atoms with van der Waals surface area (Å²) >= 11 is 1.32. The average Bonchev–Trinajstić information content (AvgIpc) is 3.38. The molecule has 0 saturated carbocycles. The third-order valence-corrected chi connectivity index (χ3v) is 5.16. The second-order valence-corrected chi connectivity index (χ2v) is 7.39. The van der Waals surface area contributed by atoms with Crippen molar-refractivity contribution in [1.29, 1.82) is 0 Å². The van der Waals surface area contributed by atoms with Crippen LogP contribution in [-0.4, -0.2) is 28.6 Å². The van der Waals surface area contributed by atoms with Crippen LogP contribution >= 0.6 is 11.3 Å². The van der Waals surface area contributed by atoms with Crippen molar-refractivity contribution in [3.05, 3.63) is 71.2 Å². The molecule has 9 heteroatoms. The van der Waals surface area contributed by atoms with Gasteiger partial charge in [0.25, 0.3) is 11.8 Å². The zero-order valence-corrected chi connectivity index (χ0v) is 16.4. The third-order valence-electron chi connectivity index (χ3n) is 4.48. The van der Waals surface area contributed by atoms with Crippen molar-refractivity contribution in [2.24, 2.45) is 0 Å². The minimum Gasteiger partial charge on any atom is -0.322 e. The highest BCUT2D eigenvalue weighted by molar-refractivity contribution is 7.13. The molecule has 2 aromatic carbocycles. The summed E-state index contributed by atoms with van der Waals surface area (Å²) in [6.45, 7) is 0. The van der Waals surface area contributed by atoms with Gasteiger partial charge in [0, 0.05) is 41.2 Å². The highest BCUT2D eigenvalue weighted by atomic mass is 32.1. The fraction of sp³-hybridized carbons (Fsp3) is 0.0952. The van der Waals surface area contributed by atoms with Gasteiger partial charge in [0.1, 0.15) is 0 Å². The first-order valence-corrected chi connectivity index (χ1v) is 9.97. The van der Waals surface area contributed by atoms with Crippen LogP contribution in [0.3, 0.4) is 0 Å². The van der Waals surface area contributed by atoms with Crippen molar-refractivity contribution in [2.75, 3.05) is 15.5 Å². The lowest BCUT2D eigenvalue weighted by Gasteiger charge is -2.15. The summed E-state index contributed by atoms with van der Waals surface area (Å²) in [5, 5.41) is 7.70. The molecule has 8 nitrogen and oxygen atoms in total. The highest BCUT2D eigenvalue weighted by Gasteiger charge is 2.30. The molecule has 0 unspecified atom stereocenters. The number of nitrogens with one attached hydrogen (secondary N) is 2. The van der Waals surface area contributed by atoms with Crippen LogP contribution in [-0.2, 0) is 9.59 Å². The molecule has 150 valence electrons. The van der Waals surface area contributed by atoms with Crippen LogP contribution < -0.4 is 15.5 Å². The maximum Gasteiger partial charge on any atom is 0.257 e. The summed E-state index contributed by atoms with van der Waals surface area (Å²) in [4.78, 5) is 53.7. The number of carbonyl (C=O) groups excluding carboxylic acids is 4. The second-order valence-electron chi connectivity index (χ2n) is 6.50. The van der Waals surface area contributed by atoms with Crippen molar-refractivity contribution in [3.8, 4) is 0 Å². The molecule has 0 atom stereocenters. The second kappa shape index (κ2) is 8.26. The van der Waals surface area contributed by atoms with E-state index in [4.69, 9.17) is 0 Å². The Hall–Kier alpha value is -3.85. The van der Waals surface area contributed by atoms with E-state index in [0.29, 0.717) is 27.6 Å². The lowest BCUT2D eigenvalue weighted by molar-refractivity contribution is -0.121. The molecule has 1 aliphatic rings. The van der Waals surface area contributed by atoms with Gasteiger partial charge in [-0.25, -0.2) is 4.98 Å². The van der Waals surface area contributed by atoms with Crippen molar-refractivity contribution in [1.82, 2.24) is 4.98 Å². The number of amides is 4. The van der Waals surface area contributed by atoms with E-state index < -0.39 is 5.91 Å². The Balaban J connectivity index is 1.44. The van der Waals surface area contributed by atoms with Gasteiger partial charge >= 0.3 is 0 Å². The van der Waals surface area contributed by atoms with Gasteiger partial charge in [-0.3, -0.25) is 29.4 Å². The molecule has 1 saturated heterocycles. The first-order valence-electron chi connectivity index (χ1n) is 9.09. The molecule has 1 aliphatic heterocycles. The summed E-state index contributed by atoms with van der Waals surface area (Å²) in [5.74, 6) is -1.24. The zero-order chi connectivity index (χ0) is 21.1. The van der Waals surface area contributed by atoms with Crippen LogP contribution in [0.25, 0.3) is 0 Å². The molecule has 0 radical (unpaired) electrons. The van der Waals surface area contributed by atoms with Crippen molar-refractivity contribution < 1.29 is 19.2 Å². The lowest BCUT2D eigenvalue weighted by atomic mass is 10.1. The van der Waals surface area contributed by atoms with Crippen LogP contribution in [0.5, 0.6) is 0 Å². The minimum absolute atomic E-state index is 0.178. The Kier molecular flexibility index (Phi) is 5.36. The maximum atomic E-state index is 12.6. The number of hydrogen-bond acceptors (Lipinski definition) is 6. The fourth-order valence-electron chi connectivity index (χ4n) is 3.01. The van der Waals surface area contributed by atoms with E-state index in [-0.39, 0.29) is 30.6 Å². The molecular formula is C21H16N4O4S. The Morgan fingerprint density at radius 3 is 2.27 bits per heavy atom. The molecule has 30 heavy (non-hydrogen) atoms. The van der Waals surface area contributed by atoms with Crippen LogP contribution in [0.4, 0.5) is 16.5 Å². The Bertz CT molecular complexity index is 1110. The predicted molar refractivity (Wildman–Crippen MR) is 113 cm³/mol. The number of carbonyl (C=O) groups is 4. The van der Waals surface area contributed by atoms with E-state index in [0.717, 1.165) is 4.90 Å². The molecule has 0 spiro atoms. The quantitative estimate of drug-likeness (QED) is 0.616. The molecule has 1 fully saturated rings. The minimum atomic E-state index is -0.393. The molecule has 4 amide bonds. The maximum absolute atomic E-state index is 12.6. The third kappa shape index (κ3) is 4.11. The number of benzene rings is 2. The molecule has 0 aliphatic carbocycles. The first-order chi connectivity index (χ1) is 14.5. The van der Waals surface area contributed by atoms with Gasteiger partial charge in [-0.1, -0.05) is 6.07 Å². The van der Waals surface area contributed by atoms with Gasteiger partial charge in [-0.15, -0.1) is 11.3 Å². The van der Waals surface area contributed by atoms with Gasteiger partial charge in [-0.2, -0.15) is 0 Å². The van der Waals surface area contributed by atoms with Crippen LogP contribution in [0.2, 0.25) is 0 Å². The van der Waals surface area contributed by atoms with Crippen molar-refractivity contribution >= 4 is 51.5 Å². The van der Waals surface area contributed by atoms with Gasteiger partial charge in [0.15, 0.2) is 5.13 Å². The van der Waals surface area contributed by atoms with Gasteiger partial charge < -0.3 is 5.32 Å². The van der Waals surface area contributed by atoms with Crippen molar-refractivity contribution in [2.45, 2.75) is 12.8 Å². The standard InChI is InChI=1S/C21H16N4O4S/c26-17-8-9-18(27)25(17)16-3-1-2-14(12-16)20(29)23-15-6-4-13(5-7-15)19(28)24-21-22-10-11-30-21/h1-7,10-12H,8-9H2,(H,23,29)(H,22,24,28). The van der Waals surface area contributed by atoms with E-state index in [1.54, 1.807) is 54.0 Å². The monoisotopic (exact) mass is 420 g/mol. The SMILES string of the molecule is O=C(Nc1ccc(C(=O)Nc2nccs2)cc1)c1cccc(N2C(=O)CCC2=O)c1. The van der Waals surface area contributed by atoms with E-state index in [1.165, 1.54) is 17.4 Å². The Labute approximate surface area is 175 Å². The average molecular weight is 420 g/mol. The predicted octanol–water partition coefficient (Wildman–Crippen LogP) is 3.30. The number of aromatic nitrogens is 1. The van der Waals surface area contributed by atoms with Gasteiger partial charge in [-0.05, 0) is 42.5 Å². The lowest BCUT2D eigenvalue weighted by Crippen LogP contribution is -2.28. The number of anilines is 3. The molecule has 2 heterocycles. The Morgan fingerprint density at radius 2 is 1.60 bits per heavy atom. The molecule has 0 bridgehead atoms. The summed E-state index contributed by atoms with van der Waals surface area (Å²) in [6.07, 6.45) is 1.96. The summed E-state index contributed by atoms with van der Waals surface area (Å²) in [6, 6.07) is 12.8. The molecule has 3 aromatic rings. The number of thiazole rings is 1. The topological polar surface area (TPSA) is 108 Å². The van der Waals surface area contributed by atoms with Crippen molar-refractivity contribution in [3.63, 3.8) is 0 Å². The Morgan fingerprint density at radius 1 is 0.900 bits per heavy atom. The number of nitrogens with zero attached hydrogens (tertiary/aromatic N) is 2. The molecule has 1 aromatic heterocycles. The molecular weight excluding hydrogens is 404 g/mol. The number of hydrogen-bond donors (Lipinski definition) is 2. The molecule has 2 N–H and O–H groups in total. The van der Waals surface area contributed by atoms with E-state index >= 15 is 0 Å². The number of imide groups is 1. The van der Waals surface area contributed by atoms with Crippen LogP contribution in [0.1, 0.15) is 33.6 Å². The van der Waals surface area contributed by atoms with Gasteiger partial charge in [0.2, 0.25) is 11.8 Å². The molecule has 4 rings (SSSR count). The summed E-state index contributed by atoms with van der Waals surface area (Å²) < 4.78 is 0. The summed E-state index contributed by atoms with van der Waals surface area (Å²) in [5.41, 5.74) is 1.62. The smallest absolute Gasteiger partial charge is 0.257 e. The van der Waals surface area contributed by atoms with E-state index in [2.05, 4.69) is 15.6 Å². The highest BCUT2D eigenvalue weighted by Crippen LogP contribution is 2.24. The van der Waals surface area contributed by atoms with Crippen LogP contribution in [0.15, 0.2) is 60.1 Å². The zero-order valence-electron chi connectivity index (χ0n) is 15.6. The first kappa shape index (κ1) is 19.5. The normalized spacial score (nSPS) is 13.4. The van der Waals surface area contributed by atoms with Gasteiger partial charge in [0.05, 0.1) is 5.69 Å². The summed E-state index contributed by atoms with van der Waals surface area (Å²) in [7, 11) is 0. The van der Waals surface area contributed by atoms with E-state index in [9.17, 15) is 19.2 Å². The van der Waals surface area contributed by atoms with E-state index in [1.807, 2.05) is 0 Å².